The number of carbonyl (C=O) groups is 1. The minimum Gasteiger partial charge on any atom is -0.870 e. The third kappa shape index (κ3) is 6.08. The summed E-state index contributed by atoms with van der Waals surface area (Å²) in [6, 6.07) is 12.1. The number of aromatic carboxylic acids is 1. The van der Waals surface area contributed by atoms with Gasteiger partial charge in [0.2, 0.25) is 0 Å². The number of aryl methyl sites for hydroxylation is 2. The maximum absolute atomic E-state index is 12.8. The molecule has 0 fully saturated rings. The summed E-state index contributed by atoms with van der Waals surface area (Å²) in [6.07, 6.45) is -8.94. The van der Waals surface area contributed by atoms with E-state index in [4.69, 9.17) is 4.42 Å². The van der Waals surface area contributed by atoms with E-state index < -0.39 is 31.4 Å². The lowest BCUT2D eigenvalue weighted by Crippen LogP contribution is -2.21. The molecular formula is C26H22F6N2O4. The van der Waals surface area contributed by atoms with Gasteiger partial charge in [0.1, 0.15) is 13.1 Å². The van der Waals surface area contributed by atoms with Crippen LogP contribution in [0.15, 0.2) is 52.9 Å². The van der Waals surface area contributed by atoms with Crippen molar-refractivity contribution >= 4 is 39.3 Å². The Morgan fingerprint density at radius 1 is 0.816 bits per heavy atom. The smallest absolute Gasteiger partial charge is 0.405 e. The van der Waals surface area contributed by atoms with E-state index in [2.05, 4.69) is 10.6 Å². The van der Waals surface area contributed by atoms with Gasteiger partial charge in [-0.3, -0.25) is 0 Å². The Balaban J connectivity index is 0.00000400. The lowest BCUT2D eigenvalue weighted by Gasteiger charge is -2.15. The highest BCUT2D eigenvalue weighted by atomic mass is 19.4. The molecule has 12 heteroatoms. The molecule has 0 aliphatic rings. The number of benzene rings is 3. The van der Waals surface area contributed by atoms with E-state index in [9.17, 15) is 36.2 Å². The van der Waals surface area contributed by atoms with Gasteiger partial charge in [-0.2, -0.15) is 26.3 Å². The van der Waals surface area contributed by atoms with Crippen LogP contribution in [0.5, 0.6) is 0 Å². The molecule has 1 heterocycles. The second-order valence-corrected chi connectivity index (χ2v) is 8.59. The fourth-order valence-corrected chi connectivity index (χ4v) is 4.15. The molecule has 4 N–H and O–H groups in total. The first kappa shape index (κ1) is 28.5. The maximum atomic E-state index is 12.8. The lowest BCUT2D eigenvalue weighted by atomic mass is 9.91. The van der Waals surface area contributed by atoms with Gasteiger partial charge in [0, 0.05) is 16.9 Å². The molecule has 0 saturated carbocycles. The van der Waals surface area contributed by atoms with Crippen LogP contribution >= 0.6 is 0 Å². The Labute approximate surface area is 212 Å². The number of carboxylic acid groups (broad SMARTS) is 1. The summed E-state index contributed by atoms with van der Waals surface area (Å²) in [4.78, 5) is 12.0. The van der Waals surface area contributed by atoms with Gasteiger partial charge in [0.25, 0.3) is 0 Å². The normalized spacial score (nSPS) is 11.9. The van der Waals surface area contributed by atoms with Gasteiger partial charge < -0.3 is 21.2 Å². The number of anilines is 2. The van der Waals surface area contributed by atoms with Crippen LogP contribution in [0.4, 0.5) is 37.7 Å². The minimum atomic E-state index is -4.47. The minimum absolute atomic E-state index is 0. The van der Waals surface area contributed by atoms with Gasteiger partial charge in [-0.15, -0.1) is 0 Å². The average Bonchev–Trinajstić information content (AvgIpc) is 2.79. The fourth-order valence-electron chi connectivity index (χ4n) is 4.15. The number of carboxylic acids is 1. The largest absolute Gasteiger partial charge is 0.870 e. The van der Waals surface area contributed by atoms with Crippen molar-refractivity contribution in [3.8, 4) is 11.1 Å². The summed E-state index contributed by atoms with van der Waals surface area (Å²) in [5, 5.41) is 15.3. The van der Waals surface area contributed by atoms with Gasteiger partial charge >= 0.3 is 29.5 Å². The van der Waals surface area contributed by atoms with Gasteiger partial charge in [0.15, 0.2) is 0 Å². The van der Waals surface area contributed by atoms with Crippen LogP contribution in [0.3, 0.4) is 0 Å². The molecule has 1 aromatic heterocycles. The first-order valence-electron chi connectivity index (χ1n) is 11.0. The van der Waals surface area contributed by atoms with Crippen LogP contribution in [0.1, 0.15) is 21.5 Å². The predicted molar refractivity (Wildman–Crippen MR) is 131 cm³/mol. The molecular weight excluding hydrogens is 518 g/mol. The fraction of sp³-hybridized carbons (Fsp3) is 0.231. The molecule has 0 radical (unpaired) electrons. The van der Waals surface area contributed by atoms with Gasteiger partial charge in [-0.05, 0) is 48.7 Å². The second-order valence-electron chi connectivity index (χ2n) is 8.59. The highest BCUT2D eigenvalue weighted by Crippen LogP contribution is 2.41. The molecule has 4 aromatic rings. The number of alkyl halides is 6. The van der Waals surface area contributed by atoms with E-state index >= 15 is 0 Å². The summed E-state index contributed by atoms with van der Waals surface area (Å²) < 4.78 is 82.8. The number of nitrogens with one attached hydrogen (secondary N) is 2. The van der Waals surface area contributed by atoms with Gasteiger partial charge in [0.05, 0.1) is 28.5 Å². The molecule has 0 spiro atoms. The molecule has 0 aliphatic carbocycles. The van der Waals surface area contributed by atoms with E-state index in [-0.39, 0.29) is 33.6 Å². The van der Waals surface area contributed by atoms with Crippen molar-refractivity contribution in [3.05, 3.63) is 65.2 Å². The van der Waals surface area contributed by atoms with E-state index in [0.717, 1.165) is 0 Å². The third-order valence-corrected chi connectivity index (χ3v) is 5.80. The Hall–Kier alpha value is -4.06. The number of rotatable bonds is 6. The molecule has 0 aliphatic heterocycles. The summed E-state index contributed by atoms with van der Waals surface area (Å²) in [5.41, 5.74) is 2.20. The Morgan fingerprint density at radius 2 is 1.26 bits per heavy atom. The topological polar surface area (TPSA) is 103 Å². The van der Waals surface area contributed by atoms with Crippen LogP contribution in [0.25, 0.3) is 33.1 Å². The monoisotopic (exact) mass is 540 g/mol. The van der Waals surface area contributed by atoms with Crippen LogP contribution in [-0.2, 0) is 0 Å². The quantitative estimate of drug-likeness (QED) is 0.132. The van der Waals surface area contributed by atoms with Crippen molar-refractivity contribution in [1.29, 1.82) is 0 Å². The highest BCUT2D eigenvalue weighted by molar-refractivity contribution is 6.13. The van der Waals surface area contributed by atoms with Crippen molar-refractivity contribution in [2.75, 3.05) is 23.7 Å². The van der Waals surface area contributed by atoms with Crippen molar-refractivity contribution in [2.45, 2.75) is 26.2 Å². The Kier molecular flexibility index (Phi) is 7.78. The SMILES string of the molecule is Cc1cc2c(-c3ccccc3C(=O)O)c3cc(C)c(NCC(F)(F)F)cc3[o+]c2cc1NCC(F)(F)F.[OH-]. The number of hydrogen-bond donors (Lipinski definition) is 3. The standard InChI is InChI=1S/C26H20F6N2O3.H2O/c1-13-7-17-21(9-19(13)33-11-25(27,28)29)37-22-10-20(34-12-26(30,31)32)14(2)8-18(22)23(17)15-5-3-4-6-16(15)24(35)36;/h3-10,33-34H,11-12H2,1-2H3;1H2. The lowest BCUT2D eigenvalue weighted by molar-refractivity contribution is -0.116. The summed E-state index contributed by atoms with van der Waals surface area (Å²) in [6.45, 7) is 0.633. The predicted octanol–water partition coefficient (Wildman–Crippen LogP) is 7.62. The molecule has 38 heavy (non-hydrogen) atoms. The first-order valence-corrected chi connectivity index (χ1v) is 11.0. The number of hydrogen-bond acceptors (Lipinski definition) is 4. The summed E-state index contributed by atoms with van der Waals surface area (Å²) in [7, 11) is 0. The van der Waals surface area contributed by atoms with Crippen LogP contribution < -0.4 is 10.6 Å². The van der Waals surface area contributed by atoms with Crippen molar-refractivity contribution in [2.24, 2.45) is 0 Å². The molecule has 202 valence electrons. The molecule has 0 saturated heterocycles. The van der Waals surface area contributed by atoms with E-state index in [0.29, 0.717) is 33.0 Å². The molecule has 0 amide bonds. The molecule has 4 rings (SSSR count). The highest BCUT2D eigenvalue weighted by Gasteiger charge is 2.30. The van der Waals surface area contributed by atoms with Crippen molar-refractivity contribution in [3.63, 3.8) is 0 Å². The Bertz CT molecular complexity index is 1430. The van der Waals surface area contributed by atoms with Crippen molar-refractivity contribution < 1.29 is 46.1 Å². The second kappa shape index (κ2) is 10.4. The third-order valence-electron chi connectivity index (χ3n) is 5.80. The van der Waals surface area contributed by atoms with Gasteiger partial charge in [-0.1, -0.05) is 18.2 Å². The molecule has 0 atom stereocenters. The zero-order valence-electron chi connectivity index (χ0n) is 20.0. The zero-order valence-corrected chi connectivity index (χ0v) is 20.0. The molecule has 0 bridgehead atoms. The van der Waals surface area contributed by atoms with Crippen LogP contribution in [0, 0.1) is 13.8 Å². The van der Waals surface area contributed by atoms with E-state index in [1.165, 1.54) is 18.2 Å². The zero-order chi connectivity index (χ0) is 27.1. The molecule has 6 nitrogen and oxygen atoms in total. The summed E-state index contributed by atoms with van der Waals surface area (Å²) >= 11 is 0. The Morgan fingerprint density at radius 3 is 1.68 bits per heavy atom. The first-order chi connectivity index (χ1) is 17.2. The van der Waals surface area contributed by atoms with Gasteiger partial charge in [-0.25, -0.2) is 9.21 Å². The maximum Gasteiger partial charge on any atom is 0.405 e. The number of fused-ring (bicyclic) bond motifs is 2. The average molecular weight is 540 g/mol. The molecule has 3 aromatic carbocycles. The van der Waals surface area contributed by atoms with Crippen LogP contribution in [0.2, 0.25) is 0 Å². The van der Waals surface area contributed by atoms with E-state index in [1.54, 1.807) is 44.2 Å². The summed E-state index contributed by atoms with van der Waals surface area (Å²) in [5.74, 6) is -1.20. The van der Waals surface area contributed by atoms with Crippen LogP contribution in [-0.4, -0.2) is 42.0 Å². The van der Waals surface area contributed by atoms with E-state index in [1.807, 2.05) is 0 Å². The number of halogens is 6. The molecule has 0 unspecified atom stereocenters. The van der Waals surface area contributed by atoms with Crippen molar-refractivity contribution in [1.82, 2.24) is 0 Å².